The van der Waals surface area contributed by atoms with Crippen molar-refractivity contribution in [3.63, 3.8) is 0 Å². The zero-order valence-electron chi connectivity index (χ0n) is 11.4. The van der Waals surface area contributed by atoms with Gasteiger partial charge in [-0.1, -0.05) is 20.8 Å². The molecule has 0 fully saturated rings. The summed E-state index contributed by atoms with van der Waals surface area (Å²) < 4.78 is 8.72. The second-order valence-corrected chi connectivity index (χ2v) is 6.30. The van der Waals surface area contributed by atoms with Crippen LogP contribution >= 0.6 is 15.9 Å². The summed E-state index contributed by atoms with van der Waals surface area (Å²) in [7, 11) is 0. The molecule has 0 aliphatic carbocycles. The third-order valence-corrected chi connectivity index (χ3v) is 4.02. The summed E-state index contributed by atoms with van der Waals surface area (Å²) in [6.07, 6.45) is 1.80. The lowest BCUT2D eigenvalue weighted by molar-refractivity contribution is 0.371. The molecule has 4 nitrogen and oxygen atoms in total. The normalized spacial score (nSPS) is 12.1. The maximum absolute atomic E-state index is 5.77. The first-order chi connectivity index (χ1) is 8.29. The number of aryl methyl sites for hydroxylation is 1. The van der Waals surface area contributed by atoms with Gasteiger partial charge in [0.15, 0.2) is 0 Å². The molecule has 0 bridgehead atoms. The lowest BCUT2D eigenvalue weighted by Gasteiger charge is -2.13. The van der Waals surface area contributed by atoms with Gasteiger partial charge in [0.2, 0.25) is 5.89 Å². The van der Waals surface area contributed by atoms with Crippen LogP contribution in [0.4, 0.5) is 0 Å². The molecule has 0 unspecified atom stereocenters. The Bertz CT molecular complexity index is 563. The van der Waals surface area contributed by atoms with Crippen LogP contribution in [0.15, 0.2) is 15.1 Å². The van der Waals surface area contributed by atoms with Crippen LogP contribution < -0.4 is 0 Å². The van der Waals surface area contributed by atoms with Crippen LogP contribution in [0.25, 0.3) is 0 Å². The second-order valence-electron chi connectivity index (χ2n) is 5.51. The van der Waals surface area contributed by atoms with Crippen molar-refractivity contribution in [3.8, 4) is 0 Å². The largest absolute Gasteiger partial charge is 0.443 e. The molecule has 0 aliphatic heterocycles. The van der Waals surface area contributed by atoms with Gasteiger partial charge in [-0.3, -0.25) is 4.68 Å². The average Bonchev–Trinajstić information content (AvgIpc) is 2.81. The highest BCUT2D eigenvalue weighted by atomic mass is 79.9. The van der Waals surface area contributed by atoms with E-state index in [1.807, 2.05) is 18.5 Å². The zero-order valence-corrected chi connectivity index (χ0v) is 13.0. The molecule has 98 valence electrons. The Hall–Kier alpha value is -1.10. The lowest BCUT2D eigenvalue weighted by atomic mass is 9.94. The van der Waals surface area contributed by atoms with Gasteiger partial charge in [-0.2, -0.15) is 5.10 Å². The van der Waals surface area contributed by atoms with Crippen molar-refractivity contribution < 1.29 is 4.42 Å². The molecule has 18 heavy (non-hydrogen) atoms. The van der Waals surface area contributed by atoms with E-state index in [1.165, 1.54) is 0 Å². The molecular weight excluding hydrogens is 294 g/mol. The first-order valence-electron chi connectivity index (χ1n) is 5.93. The number of aromatic nitrogens is 3. The van der Waals surface area contributed by atoms with Crippen LogP contribution in [0.5, 0.6) is 0 Å². The molecule has 2 rings (SSSR count). The number of hydrogen-bond acceptors (Lipinski definition) is 3. The van der Waals surface area contributed by atoms with Gasteiger partial charge >= 0.3 is 0 Å². The summed E-state index contributed by atoms with van der Waals surface area (Å²) in [5.41, 5.74) is 2.05. The van der Waals surface area contributed by atoms with Crippen LogP contribution in [0.2, 0.25) is 0 Å². The third kappa shape index (κ3) is 2.51. The molecule has 0 amide bonds. The molecule has 0 aliphatic rings. The van der Waals surface area contributed by atoms with E-state index in [1.54, 1.807) is 6.20 Å². The van der Waals surface area contributed by atoms with Gasteiger partial charge in [0.1, 0.15) is 12.3 Å². The minimum atomic E-state index is -0.0130. The zero-order chi connectivity index (χ0) is 13.5. The molecular formula is C13H18BrN3O. The minimum absolute atomic E-state index is 0.0130. The Kier molecular flexibility index (Phi) is 3.36. The summed E-state index contributed by atoms with van der Waals surface area (Å²) in [6.45, 7) is 10.9. The number of hydrogen-bond donors (Lipinski definition) is 0. The summed E-state index contributed by atoms with van der Waals surface area (Å²) in [5.74, 6) is 1.59. The fourth-order valence-corrected chi connectivity index (χ4v) is 1.97. The quantitative estimate of drug-likeness (QED) is 0.851. The predicted octanol–water partition coefficient (Wildman–Crippen LogP) is 3.60. The summed E-state index contributed by atoms with van der Waals surface area (Å²) in [4.78, 5) is 4.32. The smallest absolute Gasteiger partial charge is 0.216 e. The summed E-state index contributed by atoms with van der Waals surface area (Å²) in [6, 6.07) is 0. The van der Waals surface area contributed by atoms with E-state index in [-0.39, 0.29) is 5.41 Å². The van der Waals surface area contributed by atoms with Crippen molar-refractivity contribution in [1.82, 2.24) is 14.8 Å². The lowest BCUT2D eigenvalue weighted by Crippen LogP contribution is -2.09. The maximum atomic E-state index is 5.77. The van der Waals surface area contributed by atoms with E-state index < -0.39 is 0 Å². The Morgan fingerprint density at radius 3 is 2.44 bits per heavy atom. The molecule has 0 spiro atoms. The first kappa shape index (κ1) is 13.3. The summed E-state index contributed by atoms with van der Waals surface area (Å²) in [5, 5.41) is 4.45. The molecule has 0 N–H and O–H groups in total. The van der Waals surface area contributed by atoms with Crippen LogP contribution in [0, 0.1) is 13.8 Å². The van der Waals surface area contributed by atoms with Crippen LogP contribution in [0.1, 0.15) is 43.8 Å². The van der Waals surface area contributed by atoms with Gasteiger partial charge in [-0.25, -0.2) is 4.98 Å². The van der Waals surface area contributed by atoms with Crippen molar-refractivity contribution in [2.24, 2.45) is 0 Å². The topological polar surface area (TPSA) is 43.9 Å². The number of oxazole rings is 1. The summed E-state index contributed by atoms with van der Waals surface area (Å²) >= 11 is 3.52. The Labute approximate surface area is 116 Å². The van der Waals surface area contributed by atoms with E-state index in [4.69, 9.17) is 4.42 Å². The highest BCUT2D eigenvalue weighted by molar-refractivity contribution is 9.10. The minimum Gasteiger partial charge on any atom is -0.443 e. The second kappa shape index (κ2) is 4.53. The molecule has 0 saturated heterocycles. The fraction of sp³-hybridized carbons (Fsp3) is 0.538. The number of nitrogens with zero attached hydrogens (tertiary/aromatic N) is 3. The SMILES string of the molecule is Cc1nn(Cc2ncc(C(C)(C)C)o2)c(C)c1Br. The van der Waals surface area contributed by atoms with Crippen molar-refractivity contribution in [2.45, 2.75) is 46.6 Å². The Morgan fingerprint density at radius 1 is 1.33 bits per heavy atom. The van der Waals surface area contributed by atoms with Gasteiger partial charge in [-0.05, 0) is 29.8 Å². The van der Waals surface area contributed by atoms with Crippen molar-refractivity contribution in [3.05, 3.63) is 33.7 Å². The number of rotatable bonds is 2. The van der Waals surface area contributed by atoms with Crippen molar-refractivity contribution in [2.75, 3.05) is 0 Å². The number of halogens is 1. The van der Waals surface area contributed by atoms with E-state index in [2.05, 4.69) is 46.8 Å². The van der Waals surface area contributed by atoms with Crippen LogP contribution in [-0.2, 0) is 12.0 Å². The van der Waals surface area contributed by atoms with Gasteiger partial charge in [0, 0.05) is 5.41 Å². The first-order valence-corrected chi connectivity index (χ1v) is 6.73. The van der Waals surface area contributed by atoms with Gasteiger partial charge in [0.05, 0.1) is 22.1 Å². The van der Waals surface area contributed by atoms with E-state index in [0.29, 0.717) is 12.4 Å². The predicted molar refractivity (Wildman–Crippen MR) is 73.7 cm³/mol. The van der Waals surface area contributed by atoms with Gasteiger partial charge < -0.3 is 4.42 Å². The highest BCUT2D eigenvalue weighted by Gasteiger charge is 2.20. The molecule has 0 aromatic carbocycles. The molecule has 0 radical (unpaired) electrons. The average molecular weight is 312 g/mol. The highest BCUT2D eigenvalue weighted by Crippen LogP contribution is 2.24. The van der Waals surface area contributed by atoms with Crippen molar-refractivity contribution >= 4 is 15.9 Å². The monoisotopic (exact) mass is 311 g/mol. The molecule has 0 saturated carbocycles. The molecule has 2 aromatic heterocycles. The molecule has 0 atom stereocenters. The van der Waals surface area contributed by atoms with E-state index >= 15 is 0 Å². The van der Waals surface area contributed by atoms with Crippen LogP contribution in [-0.4, -0.2) is 14.8 Å². The van der Waals surface area contributed by atoms with E-state index in [0.717, 1.165) is 21.6 Å². The molecule has 2 heterocycles. The Balaban J connectivity index is 2.24. The van der Waals surface area contributed by atoms with E-state index in [9.17, 15) is 0 Å². The maximum Gasteiger partial charge on any atom is 0.216 e. The van der Waals surface area contributed by atoms with Crippen molar-refractivity contribution in [1.29, 1.82) is 0 Å². The molecule has 2 aromatic rings. The third-order valence-electron chi connectivity index (χ3n) is 2.87. The standard InChI is InChI=1S/C13H18BrN3O/c1-8-12(14)9(2)17(16-8)7-11-15-6-10(18-11)13(3,4)5/h6H,7H2,1-5H3. The van der Waals surface area contributed by atoms with Crippen LogP contribution in [0.3, 0.4) is 0 Å². The Morgan fingerprint density at radius 2 is 2.00 bits per heavy atom. The van der Waals surface area contributed by atoms with Gasteiger partial charge in [-0.15, -0.1) is 0 Å². The van der Waals surface area contributed by atoms with Gasteiger partial charge in [0.25, 0.3) is 0 Å². The fourth-order valence-electron chi connectivity index (χ4n) is 1.69. The molecule has 5 heteroatoms.